The minimum absolute atomic E-state index is 0.233. The molecule has 2 nitrogen and oxygen atoms in total. The van der Waals surface area contributed by atoms with Crippen LogP contribution in [0.15, 0.2) is 36.4 Å². The van der Waals surface area contributed by atoms with Crippen LogP contribution in [-0.2, 0) is 0 Å². The maximum atomic E-state index is 12.1. The minimum atomic E-state index is -0.312. The van der Waals surface area contributed by atoms with E-state index in [4.69, 9.17) is 51.1 Å². The van der Waals surface area contributed by atoms with E-state index in [1.807, 2.05) is 0 Å². The molecule has 0 saturated carbocycles. The van der Waals surface area contributed by atoms with Crippen molar-refractivity contribution in [2.75, 3.05) is 6.61 Å². The van der Waals surface area contributed by atoms with E-state index in [0.29, 0.717) is 25.7 Å². The molecule has 0 saturated heterocycles. The van der Waals surface area contributed by atoms with Gasteiger partial charge in [0.2, 0.25) is 5.78 Å². The maximum Gasteiger partial charge on any atom is 0.201 e. The SMILES string of the molecule is O=C(COc1c(Cl)cccc1Cl)c1cc(Cl)ccc1Cl. The Kier molecular flexibility index (Phi) is 5.17. The van der Waals surface area contributed by atoms with Gasteiger partial charge in [-0.2, -0.15) is 0 Å². The van der Waals surface area contributed by atoms with E-state index in [0.717, 1.165) is 0 Å². The van der Waals surface area contributed by atoms with Gasteiger partial charge in [0.1, 0.15) is 0 Å². The molecule has 0 unspecified atom stereocenters. The summed E-state index contributed by atoms with van der Waals surface area (Å²) >= 11 is 23.7. The number of carbonyl (C=O) groups excluding carboxylic acids is 1. The third-order valence-electron chi connectivity index (χ3n) is 2.50. The molecular formula is C14H8Cl4O2. The van der Waals surface area contributed by atoms with Crippen LogP contribution < -0.4 is 4.74 Å². The Morgan fingerprint density at radius 3 is 2.25 bits per heavy atom. The Hall–Kier alpha value is -0.930. The zero-order valence-electron chi connectivity index (χ0n) is 10.00. The topological polar surface area (TPSA) is 26.3 Å². The van der Waals surface area contributed by atoms with Gasteiger partial charge in [-0.15, -0.1) is 0 Å². The molecule has 0 N–H and O–H groups in total. The fourth-order valence-electron chi connectivity index (χ4n) is 1.55. The second kappa shape index (κ2) is 6.68. The fraction of sp³-hybridized carbons (Fsp3) is 0.0714. The molecule has 0 bridgehead atoms. The molecule has 0 spiro atoms. The summed E-state index contributed by atoms with van der Waals surface area (Å²) in [5.41, 5.74) is 0.294. The Bertz CT molecular complexity index is 635. The third kappa shape index (κ3) is 3.58. The third-order valence-corrected chi connectivity index (χ3v) is 3.66. The van der Waals surface area contributed by atoms with Gasteiger partial charge in [-0.25, -0.2) is 0 Å². The van der Waals surface area contributed by atoms with Crippen molar-refractivity contribution in [1.82, 2.24) is 0 Å². The molecule has 0 aliphatic rings. The number of carbonyl (C=O) groups is 1. The van der Waals surface area contributed by atoms with Gasteiger partial charge in [0, 0.05) is 10.6 Å². The van der Waals surface area contributed by atoms with Crippen LogP contribution in [0.4, 0.5) is 0 Å². The largest absolute Gasteiger partial charge is 0.482 e. The van der Waals surface area contributed by atoms with E-state index < -0.39 is 0 Å². The summed E-state index contributed by atoms with van der Waals surface area (Å²) < 4.78 is 5.36. The van der Waals surface area contributed by atoms with Gasteiger partial charge in [-0.05, 0) is 30.3 Å². The second-order valence-corrected chi connectivity index (χ2v) is 5.54. The maximum absolute atomic E-state index is 12.1. The molecule has 2 rings (SSSR count). The fourth-order valence-corrected chi connectivity index (χ4v) is 2.45. The highest BCUT2D eigenvalue weighted by atomic mass is 35.5. The van der Waals surface area contributed by atoms with E-state index in [9.17, 15) is 4.79 Å². The van der Waals surface area contributed by atoms with Crippen molar-refractivity contribution in [1.29, 1.82) is 0 Å². The summed E-state index contributed by atoms with van der Waals surface area (Å²) in [5, 5.41) is 1.41. The average molecular weight is 350 g/mol. The van der Waals surface area contributed by atoms with Crippen LogP contribution in [0.1, 0.15) is 10.4 Å². The summed E-state index contributed by atoms with van der Waals surface area (Å²) in [6.07, 6.45) is 0. The van der Waals surface area contributed by atoms with Crippen LogP contribution in [0, 0.1) is 0 Å². The Morgan fingerprint density at radius 1 is 0.950 bits per heavy atom. The van der Waals surface area contributed by atoms with E-state index in [1.54, 1.807) is 30.3 Å². The zero-order chi connectivity index (χ0) is 14.7. The first kappa shape index (κ1) is 15.5. The molecule has 0 heterocycles. The van der Waals surface area contributed by atoms with Gasteiger partial charge < -0.3 is 4.74 Å². The van der Waals surface area contributed by atoms with Crippen molar-refractivity contribution in [3.05, 3.63) is 62.1 Å². The van der Waals surface area contributed by atoms with Crippen LogP contribution in [0.2, 0.25) is 20.1 Å². The van der Waals surface area contributed by atoms with Crippen molar-refractivity contribution >= 4 is 52.2 Å². The monoisotopic (exact) mass is 348 g/mol. The van der Waals surface area contributed by atoms with Crippen LogP contribution in [0.3, 0.4) is 0 Å². The summed E-state index contributed by atoms with van der Waals surface area (Å²) in [6, 6.07) is 9.59. The van der Waals surface area contributed by atoms with E-state index in [1.165, 1.54) is 6.07 Å². The molecule has 0 fully saturated rings. The lowest BCUT2D eigenvalue weighted by Crippen LogP contribution is -2.12. The summed E-state index contributed by atoms with van der Waals surface area (Å²) in [7, 11) is 0. The first-order chi connectivity index (χ1) is 9.49. The van der Waals surface area contributed by atoms with Gasteiger partial charge in [0.05, 0.1) is 15.1 Å². The number of para-hydroxylation sites is 1. The number of rotatable bonds is 4. The Morgan fingerprint density at radius 2 is 1.60 bits per heavy atom. The lowest BCUT2D eigenvalue weighted by Gasteiger charge is -2.09. The predicted octanol–water partition coefficient (Wildman–Crippen LogP) is 5.56. The molecule has 0 radical (unpaired) electrons. The van der Waals surface area contributed by atoms with Crippen molar-refractivity contribution < 1.29 is 9.53 Å². The number of Topliss-reactive ketones (excluding diaryl/α,β-unsaturated/α-hetero) is 1. The highest BCUT2D eigenvalue weighted by Gasteiger charge is 2.14. The highest BCUT2D eigenvalue weighted by Crippen LogP contribution is 2.32. The van der Waals surface area contributed by atoms with Gasteiger partial charge >= 0.3 is 0 Å². The van der Waals surface area contributed by atoms with E-state index >= 15 is 0 Å². The number of hydrogen-bond donors (Lipinski definition) is 0. The molecule has 0 amide bonds. The standard InChI is InChI=1S/C14H8Cl4O2/c15-8-4-5-10(16)9(6-8)13(19)7-20-14-11(17)2-1-3-12(14)18/h1-6H,7H2. The normalized spacial score (nSPS) is 10.4. The second-order valence-electron chi connectivity index (χ2n) is 3.89. The molecule has 20 heavy (non-hydrogen) atoms. The molecule has 0 atom stereocenters. The molecule has 0 aliphatic carbocycles. The molecular weight excluding hydrogens is 342 g/mol. The van der Waals surface area contributed by atoms with E-state index in [-0.39, 0.29) is 18.1 Å². The smallest absolute Gasteiger partial charge is 0.201 e. The molecule has 2 aromatic carbocycles. The van der Waals surface area contributed by atoms with Gasteiger partial charge in [-0.1, -0.05) is 52.5 Å². The number of benzene rings is 2. The number of hydrogen-bond acceptors (Lipinski definition) is 2. The zero-order valence-corrected chi connectivity index (χ0v) is 13.0. The van der Waals surface area contributed by atoms with Crippen LogP contribution in [0.5, 0.6) is 5.75 Å². The minimum Gasteiger partial charge on any atom is -0.482 e. The quantitative estimate of drug-likeness (QED) is 0.675. The van der Waals surface area contributed by atoms with Crippen molar-refractivity contribution in [3.63, 3.8) is 0 Å². The molecule has 104 valence electrons. The summed E-state index contributed by atoms with van der Waals surface area (Å²) in [5.74, 6) is -0.0455. The van der Waals surface area contributed by atoms with Crippen molar-refractivity contribution in [2.45, 2.75) is 0 Å². The molecule has 2 aromatic rings. The summed E-state index contributed by atoms with van der Waals surface area (Å²) in [4.78, 5) is 12.1. The van der Waals surface area contributed by atoms with Crippen LogP contribution in [0.25, 0.3) is 0 Å². The van der Waals surface area contributed by atoms with E-state index in [2.05, 4.69) is 0 Å². The van der Waals surface area contributed by atoms with Gasteiger partial charge in [0.25, 0.3) is 0 Å². The van der Waals surface area contributed by atoms with Gasteiger partial charge in [0.15, 0.2) is 12.4 Å². The summed E-state index contributed by atoms with van der Waals surface area (Å²) in [6.45, 7) is -0.233. The first-order valence-electron chi connectivity index (χ1n) is 5.54. The van der Waals surface area contributed by atoms with Crippen molar-refractivity contribution in [3.8, 4) is 5.75 Å². The lowest BCUT2D eigenvalue weighted by atomic mass is 10.1. The predicted molar refractivity (Wildman–Crippen MR) is 82.7 cm³/mol. The molecule has 0 aromatic heterocycles. The molecule has 0 aliphatic heterocycles. The van der Waals surface area contributed by atoms with Crippen LogP contribution >= 0.6 is 46.4 Å². The number of halogens is 4. The Labute approximate surface area is 136 Å². The average Bonchev–Trinajstić information content (AvgIpc) is 2.40. The lowest BCUT2D eigenvalue weighted by molar-refractivity contribution is 0.0922. The van der Waals surface area contributed by atoms with Crippen molar-refractivity contribution in [2.24, 2.45) is 0 Å². The number of ketones is 1. The Balaban J connectivity index is 2.15. The molecule has 6 heteroatoms. The van der Waals surface area contributed by atoms with Crippen LogP contribution in [-0.4, -0.2) is 12.4 Å². The van der Waals surface area contributed by atoms with Gasteiger partial charge in [-0.3, -0.25) is 4.79 Å². The highest BCUT2D eigenvalue weighted by molar-refractivity contribution is 6.37. The first-order valence-corrected chi connectivity index (χ1v) is 7.05. The number of ether oxygens (including phenoxy) is 1.